The monoisotopic (exact) mass is 399 g/mol. The second-order valence-electron chi connectivity index (χ2n) is 5.88. The number of carbonyl (C=O) groups is 5. The second kappa shape index (κ2) is 13.9. The van der Waals surface area contributed by atoms with Gasteiger partial charge in [-0.1, -0.05) is 0 Å². The van der Waals surface area contributed by atoms with Crippen LogP contribution in [0.3, 0.4) is 0 Å². The lowest BCUT2D eigenvalue weighted by atomic mass is 10.1. The van der Waals surface area contributed by atoms with Crippen LogP contribution in [0.15, 0.2) is 0 Å². The summed E-state index contributed by atoms with van der Waals surface area (Å²) in [5.41, 5.74) is 0. The summed E-state index contributed by atoms with van der Waals surface area (Å²) in [5, 5.41) is 33.5. The molecular formula is C17H25N3O8. The van der Waals surface area contributed by atoms with Gasteiger partial charge in [-0.15, -0.1) is 12.3 Å². The molecule has 0 fully saturated rings. The van der Waals surface area contributed by atoms with Crippen LogP contribution in [0.1, 0.15) is 44.9 Å². The molecule has 0 aliphatic carbocycles. The molecule has 0 heterocycles. The number of hydrogen-bond donors (Lipinski definition) is 6. The quantitative estimate of drug-likeness (QED) is 0.171. The van der Waals surface area contributed by atoms with E-state index in [-0.39, 0.29) is 25.2 Å². The predicted molar refractivity (Wildman–Crippen MR) is 96.3 cm³/mol. The van der Waals surface area contributed by atoms with Gasteiger partial charge >= 0.3 is 23.9 Å². The molecule has 0 saturated carbocycles. The molecule has 11 heteroatoms. The molecule has 2 atom stereocenters. The number of amides is 3. The van der Waals surface area contributed by atoms with Crippen molar-refractivity contribution in [2.45, 2.75) is 57.0 Å². The van der Waals surface area contributed by atoms with Crippen molar-refractivity contribution in [1.29, 1.82) is 0 Å². The number of carbonyl (C=O) groups excluding carboxylic acids is 2. The number of carboxylic acid groups (broad SMARTS) is 3. The van der Waals surface area contributed by atoms with Crippen LogP contribution in [0.2, 0.25) is 0 Å². The highest BCUT2D eigenvalue weighted by molar-refractivity contribution is 5.86. The Bertz CT molecular complexity index is 614. The highest BCUT2D eigenvalue weighted by Crippen LogP contribution is 2.03. The molecule has 28 heavy (non-hydrogen) atoms. The van der Waals surface area contributed by atoms with Gasteiger partial charge in [0.25, 0.3) is 0 Å². The first-order chi connectivity index (χ1) is 13.2. The Hall–Kier alpha value is -3.29. The van der Waals surface area contributed by atoms with Crippen LogP contribution in [0.25, 0.3) is 0 Å². The summed E-state index contributed by atoms with van der Waals surface area (Å²) in [5.74, 6) is -1.81. The molecule has 156 valence electrons. The van der Waals surface area contributed by atoms with Crippen molar-refractivity contribution < 1.29 is 39.3 Å². The van der Waals surface area contributed by atoms with E-state index in [1.165, 1.54) is 0 Å². The lowest BCUT2D eigenvalue weighted by Crippen LogP contribution is -2.51. The highest BCUT2D eigenvalue weighted by atomic mass is 16.4. The maximum Gasteiger partial charge on any atom is 0.326 e. The molecule has 0 radical (unpaired) electrons. The number of aliphatic carboxylic acids is 3. The standard InChI is InChI=1S/C17H25N3O8/c1-2-3-7-13(21)18-10-5-4-6-11(15(24)25)19-17(28)20-12(16(26)27)8-9-14(22)23/h1,11-12H,3-10H2,(H,18,21)(H,22,23)(H,24,25)(H,26,27)(H2,19,20,28). The van der Waals surface area contributed by atoms with Gasteiger partial charge in [0.05, 0.1) is 0 Å². The van der Waals surface area contributed by atoms with E-state index >= 15 is 0 Å². The van der Waals surface area contributed by atoms with E-state index in [9.17, 15) is 24.0 Å². The molecule has 0 saturated heterocycles. The summed E-state index contributed by atoms with van der Waals surface area (Å²) in [7, 11) is 0. The fourth-order valence-electron chi connectivity index (χ4n) is 2.12. The Morgan fingerprint density at radius 3 is 1.93 bits per heavy atom. The minimum absolute atomic E-state index is 0.0653. The molecule has 0 aromatic carbocycles. The molecule has 0 aliphatic heterocycles. The summed E-state index contributed by atoms with van der Waals surface area (Å²) in [6.07, 6.45) is 5.71. The van der Waals surface area contributed by atoms with E-state index in [4.69, 9.17) is 21.7 Å². The summed E-state index contributed by atoms with van der Waals surface area (Å²) >= 11 is 0. The van der Waals surface area contributed by atoms with Crippen LogP contribution >= 0.6 is 0 Å². The maximum absolute atomic E-state index is 11.8. The van der Waals surface area contributed by atoms with Crippen molar-refractivity contribution in [3.63, 3.8) is 0 Å². The molecule has 0 aliphatic rings. The van der Waals surface area contributed by atoms with Crippen molar-refractivity contribution >= 4 is 29.8 Å². The molecule has 3 amide bonds. The topological polar surface area (TPSA) is 182 Å². The van der Waals surface area contributed by atoms with Gasteiger partial charge < -0.3 is 31.3 Å². The minimum atomic E-state index is -1.45. The molecule has 0 aromatic rings. The van der Waals surface area contributed by atoms with Crippen LogP contribution in [-0.4, -0.2) is 63.8 Å². The zero-order chi connectivity index (χ0) is 21.5. The third-order valence-electron chi connectivity index (χ3n) is 3.59. The third kappa shape index (κ3) is 12.1. The minimum Gasteiger partial charge on any atom is -0.481 e. The van der Waals surface area contributed by atoms with Gasteiger partial charge in [0.2, 0.25) is 5.91 Å². The maximum atomic E-state index is 11.8. The number of unbranched alkanes of at least 4 members (excludes halogenated alkanes) is 1. The summed E-state index contributed by atoms with van der Waals surface area (Å²) < 4.78 is 0. The number of terminal acetylenes is 1. The van der Waals surface area contributed by atoms with Crippen molar-refractivity contribution in [2.75, 3.05) is 6.54 Å². The Labute approximate surface area is 161 Å². The number of rotatable bonds is 14. The lowest BCUT2D eigenvalue weighted by molar-refractivity contribution is -0.140. The fraction of sp³-hybridized carbons (Fsp3) is 0.588. The van der Waals surface area contributed by atoms with Gasteiger partial charge in [-0.25, -0.2) is 14.4 Å². The highest BCUT2D eigenvalue weighted by Gasteiger charge is 2.24. The van der Waals surface area contributed by atoms with Gasteiger partial charge in [0.1, 0.15) is 12.1 Å². The average Bonchev–Trinajstić information content (AvgIpc) is 2.61. The van der Waals surface area contributed by atoms with Gasteiger partial charge in [0, 0.05) is 25.8 Å². The van der Waals surface area contributed by atoms with Crippen LogP contribution in [0.5, 0.6) is 0 Å². The molecule has 6 N–H and O–H groups in total. The van der Waals surface area contributed by atoms with Crippen molar-refractivity contribution in [2.24, 2.45) is 0 Å². The number of urea groups is 1. The third-order valence-corrected chi connectivity index (χ3v) is 3.59. The van der Waals surface area contributed by atoms with E-state index in [1.807, 2.05) is 5.32 Å². The summed E-state index contributed by atoms with van der Waals surface area (Å²) in [6.45, 7) is 0.332. The van der Waals surface area contributed by atoms with Gasteiger partial charge in [-0.3, -0.25) is 9.59 Å². The zero-order valence-corrected chi connectivity index (χ0v) is 15.3. The average molecular weight is 399 g/mol. The summed E-state index contributed by atoms with van der Waals surface area (Å²) in [4.78, 5) is 56.0. The SMILES string of the molecule is C#CCCC(=O)NCCCCC(NC(=O)NC(CCC(=O)O)C(=O)O)C(=O)O. The van der Waals surface area contributed by atoms with Gasteiger partial charge in [-0.2, -0.15) is 0 Å². The molecule has 0 spiro atoms. The Morgan fingerprint density at radius 2 is 1.43 bits per heavy atom. The fourth-order valence-corrected chi connectivity index (χ4v) is 2.12. The Morgan fingerprint density at radius 1 is 0.857 bits per heavy atom. The van der Waals surface area contributed by atoms with E-state index in [2.05, 4.69) is 16.6 Å². The van der Waals surface area contributed by atoms with Crippen LogP contribution < -0.4 is 16.0 Å². The van der Waals surface area contributed by atoms with E-state index < -0.39 is 42.4 Å². The normalized spacial score (nSPS) is 12.1. The predicted octanol–water partition coefficient (Wildman–Crippen LogP) is -0.243. The van der Waals surface area contributed by atoms with E-state index in [0.29, 0.717) is 25.8 Å². The molecular weight excluding hydrogens is 374 g/mol. The smallest absolute Gasteiger partial charge is 0.326 e. The first kappa shape index (κ1) is 24.7. The van der Waals surface area contributed by atoms with Crippen LogP contribution in [0, 0.1) is 12.3 Å². The largest absolute Gasteiger partial charge is 0.481 e. The van der Waals surface area contributed by atoms with E-state index in [0.717, 1.165) is 0 Å². The number of hydrogen-bond acceptors (Lipinski definition) is 5. The molecule has 0 aromatic heterocycles. The molecule has 11 nitrogen and oxygen atoms in total. The van der Waals surface area contributed by atoms with Gasteiger partial charge in [-0.05, 0) is 25.7 Å². The molecule has 0 rings (SSSR count). The second-order valence-corrected chi connectivity index (χ2v) is 5.88. The van der Waals surface area contributed by atoms with Crippen LogP contribution in [0.4, 0.5) is 4.79 Å². The molecule has 2 unspecified atom stereocenters. The first-order valence-corrected chi connectivity index (χ1v) is 8.62. The number of carboxylic acids is 3. The number of nitrogens with one attached hydrogen (secondary N) is 3. The zero-order valence-electron chi connectivity index (χ0n) is 15.3. The lowest BCUT2D eigenvalue weighted by Gasteiger charge is -2.18. The van der Waals surface area contributed by atoms with E-state index in [1.54, 1.807) is 0 Å². The van der Waals surface area contributed by atoms with Gasteiger partial charge in [0.15, 0.2) is 0 Å². The van der Waals surface area contributed by atoms with Crippen molar-refractivity contribution in [3.8, 4) is 12.3 Å². The Balaban J connectivity index is 4.34. The van der Waals surface area contributed by atoms with Crippen LogP contribution in [-0.2, 0) is 19.2 Å². The van der Waals surface area contributed by atoms with Crippen molar-refractivity contribution in [1.82, 2.24) is 16.0 Å². The Kier molecular flexibility index (Phi) is 12.2. The first-order valence-electron chi connectivity index (χ1n) is 8.62. The van der Waals surface area contributed by atoms with Crippen molar-refractivity contribution in [3.05, 3.63) is 0 Å². The molecule has 0 bridgehead atoms. The summed E-state index contributed by atoms with van der Waals surface area (Å²) in [6, 6.07) is -3.73.